The van der Waals surface area contributed by atoms with Crippen molar-refractivity contribution in [1.29, 1.82) is 0 Å². The smallest absolute Gasteiger partial charge is 0.336 e. The van der Waals surface area contributed by atoms with Gasteiger partial charge in [0.1, 0.15) is 5.92 Å². The van der Waals surface area contributed by atoms with Gasteiger partial charge in [-0.1, -0.05) is 37.3 Å². The predicted octanol–water partition coefficient (Wildman–Crippen LogP) is 2.86. The second-order valence-corrected chi connectivity index (χ2v) is 7.17. The van der Waals surface area contributed by atoms with Crippen LogP contribution in [0, 0.1) is 11.8 Å². The molecule has 1 aliphatic carbocycles. The van der Waals surface area contributed by atoms with Crippen LogP contribution >= 0.6 is 0 Å². The van der Waals surface area contributed by atoms with E-state index in [4.69, 9.17) is 9.47 Å². The zero-order valence-corrected chi connectivity index (χ0v) is 16.6. The molecule has 1 aliphatic heterocycles. The molecule has 0 spiro atoms. The van der Waals surface area contributed by atoms with E-state index in [1.54, 1.807) is 6.92 Å². The predicted molar refractivity (Wildman–Crippen MR) is 103 cm³/mol. The van der Waals surface area contributed by atoms with Crippen molar-refractivity contribution >= 4 is 17.7 Å². The zero-order valence-electron chi connectivity index (χ0n) is 16.6. The van der Waals surface area contributed by atoms with Crippen molar-refractivity contribution in [2.75, 3.05) is 13.7 Å². The van der Waals surface area contributed by atoms with E-state index in [2.05, 4.69) is 5.32 Å². The van der Waals surface area contributed by atoms with Gasteiger partial charge in [-0.2, -0.15) is 0 Å². The lowest BCUT2D eigenvalue weighted by atomic mass is 9.69. The van der Waals surface area contributed by atoms with Crippen LogP contribution < -0.4 is 5.32 Å². The number of nitrogens with one attached hydrogen (secondary N) is 1. The van der Waals surface area contributed by atoms with Gasteiger partial charge in [0.25, 0.3) is 0 Å². The summed E-state index contributed by atoms with van der Waals surface area (Å²) in [5.41, 5.74) is 3.09. The van der Waals surface area contributed by atoms with Crippen molar-refractivity contribution in [1.82, 2.24) is 5.32 Å². The molecule has 0 saturated carbocycles. The fourth-order valence-corrected chi connectivity index (χ4v) is 4.14. The van der Waals surface area contributed by atoms with Crippen LogP contribution in [-0.4, -0.2) is 31.4 Å². The molecule has 1 aromatic carbocycles. The van der Waals surface area contributed by atoms with Crippen LogP contribution in [0.15, 0.2) is 52.9 Å². The highest BCUT2D eigenvalue weighted by Crippen LogP contribution is 2.45. The first-order valence-corrected chi connectivity index (χ1v) is 9.45. The molecule has 28 heavy (non-hydrogen) atoms. The van der Waals surface area contributed by atoms with Gasteiger partial charge in [0.05, 0.1) is 19.3 Å². The van der Waals surface area contributed by atoms with Gasteiger partial charge in [-0.15, -0.1) is 0 Å². The number of methoxy groups -OCH3 is 1. The number of allylic oxidation sites excluding steroid dienone is 3. The van der Waals surface area contributed by atoms with Crippen molar-refractivity contribution in [2.24, 2.45) is 11.8 Å². The molecule has 6 heteroatoms. The van der Waals surface area contributed by atoms with E-state index in [9.17, 15) is 14.4 Å². The number of Topliss-reactive ketones (excluding diaryl/α,β-unsaturated/α-hetero) is 1. The van der Waals surface area contributed by atoms with Gasteiger partial charge in [0.2, 0.25) is 0 Å². The topological polar surface area (TPSA) is 81.7 Å². The van der Waals surface area contributed by atoms with Crippen molar-refractivity contribution in [3.8, 4) is 0 Å². The number of hydrogen-bond donors (Lipinski definition) is 1. The van der Waals surface area contributed by atoms with Crippen LogP contribution in [0.1, 0.15) is 38.7 Å². The van der Waals surface area contributed by atoms with E-state index < -0.39 is 23.8 Å². The standard InChI is InChI=1S/C22H25NO5/c1-5-28-22(26)17-13(3)23-15-11-12(2)16(21(25)27-4)20(24)19(15)18(17)14-9-7-6-8-10-14/h6-10,12,16,18,23H,5,11H2,1-4H3/t12-,16+,18+/m0/s1. The minimum atomic E-state index is -0.876. The van der Waals surface area contributed by atoms with Gasteiger partial charge in [-0.25, -0.2) is 4.79 Å². The Bertz CT molecular complexity index is 868. The second-order valence-electron chi connectivity index (χ2n) is 7.17. The van der Waals surface area contributed by atoms with Gasteiger partial charge in [-0.05, 0) is 31.7 Å². The molecule has 6 nitrogen and oxygen atoms in total. The summed E-state index contributed by atoms with van der Waals surface area (Å²) in [4.78, 5) is 38.5. The lowest BCUT2D eigenvalue weighted by molar-refractivity contribution is -0.151. The van der Waals surface area contributed by atoms with Gasteiger partial charge in [0.15, 0.2) is 5.78 Å². The van der Waals surface area contributed by atoms with E-state index in [1.165, 1.54) is 7.11 Å². The van der Waals surface area contributed by atoms with Crippen molar-refractivity contribution in [3.05, 3.63) is 58.4 Å². The molecule has 2 aliphatic rings. The number of carbonyl (C=O) groups excluding carboxylic acids is 3. The Balaban J connectivity index is 2.17. The first kappa shape index (κ1) is 19.9. The van der Waals surface area contributed by atoms with E-state index in [0.717, 1.165) is 11.3 Å². The number of carbonyl (C=O) groups is 3. The third-order valence-corrected chi connectivity index (χ3v) is 5.37. The lowest BCUT2D eigenvalue weighted by Gasteiger charge is -2.38. The molecular weight excluding hydrogens is 358 g/mol. The highest BCUT2D eigenvalue weighted by molar-refractivity contribution is 6.12. The summed E-state index contributed by atoms with van der Waals surface area (Å²) >= 11 is 0. The number of dihydropyridines is 1. The molecule has 3 atom stereocenters. The average Bonchev–Trinajstić information content (AvgIpc) is 2.67. The number of rotatable bonds is 4. The highest BCUT2D eigenvalue weighted by Gasteiger charge is 2.47. The van der Waals surface area contributed by atoms with Crippen molar-refractivity contribution < 1.29 is 23.9 Å². The monoisotopic (exact) mass is 383 g/mol. The van der Waals surface area contributed by atoms with E-state index >= 15 is 0 Å². The molecular formula is C22H25NO5. The van der Waals surface area contributed by atoms with E-state index in [1.807, 2.05) is 44.2 Å². The molecule has 1 aromatic rings. The quantitative estimate of drug-likeness (QED) is 0.636. The summed E-state index contributed by atoms with van der Waals surface area (Å²) in [6, 6.07) is 9.37. The summed E-state index contributed by atoms with van der Waals surface area (Å²) in [6.07, 6.45) is 0.525. The maximum Gasteiger partial charge on any atom is 0.336 e. The molecule has 0 radical (unpaired) electrons. The maximum atomic E-state index is 13.4. The summed E-state index contributed by atoms with van der Waals surface area (Å²) in [5, 5.41) is 3.23. The number of esters is 2. The largest absolute Gasteiger partial charge is 0.468 e. The second kappa shape index (κ2) is 8.00. The molecule has 0 aromatic heterocycles. The molecule has 148 valence electrons. The van der Waals surface area contributed by atoms with Crippen molar-refractivity contribution in [2.45, 2.75) is 33.1 Å². The lowest BCUT2D eigenvalue weighted by Crippen LogP contribution is -2.43. The third-order valence-electron chi connectivity index (χ3n) is 5.37. The number of ether oxygens (including phenoxy) is 2. The molecule has 1 heterocycles. The minimum absolute atomic E-state index is 0.195. The Morgan fingerprint density at radius 2 is 1.89 bits per heavy atom. The molecule has 0 bridgehead atoms. The Morgan fingerprint density at radius 1 is 1.21 bits per heavy atom. The van der Waals surface area contributed by atoms with Crippen LogP contribution in [0.25, 0.3) is 0 Å². The first-order valence-electron chi connectivity index (χ1n) is 9.45. The fourth-order valence-electron chi connectivity index (χ4n) is 4.14. The Morgan fingerprint density at radius 3 is 2.50 bits per heavy atom. The maximum absolute atomic E-state index is 13.4. The van der Waals surface area contributed by atoms with Crippen LogP contribution in [0.4, 0.5) is 0 Å². The van der Waals surface area contributed by atoms with Gasteiger partial charge < -0.3 is 14.8 Å². The zero-order chi connectivity index (χ0) is 20.4. The normalized spacial score (nSPS) is 24.4. The Labute approximate surface area is 164 Å². The summed E-state index contributed by atoms with van der Waals surface area (Å²) < 4.78 is 10.2. The SMILES string of the molecule is CCOC(=O)C1=C(C)NC2=C(C(=O)[C@H](C(=O)OC)[C@@H](C)C2)[C@@H]1c1ccccc1. The van der Waals surface area contributed by atoms with Gasteiger partial charge in [0, 0.05) is 22.9 Å². The molecule has 0 unspecified atom stereocenters. The van der Waals surface area contributed by atoms with Gasteiger partial charge in [-0.3, -0.25) is 9.59 Å². The molecule has 0 saturated heterocycles. The average molecular weight is 383 g/mol. The van der Waals surface area contributed by atoms with E-state index in [0.29, 0.717) is 23.3 Å². The summed E-state index contributed by atoms with van der Waals surface area (Å²) in [7, 11) is 1.29. The third kappa shape index (κ3) is 3.35. The van der Waals surface area contributed by atoms with Crippen LogP contribution in [-0.2, 0) is 23.9 Å². The van der Waals surface area contributed by atoms with Gasteiger partial charge >= 0.3 is 11.9 Å². The van der Waals surface area contributed by atoms with Crippen LogP contribution in [0.5, 0.6) is 0 Å². The Kier molecular flexibility index (Phi) is 5.68. The summed E-state index contributed by atoms with van der Waals surface area (Å²) in [5.74, 6) is -2.95. The fraction of sp³-hybridized carbons (Fsp3) is 0.409. The first-order chi connectivity index (χ1) is 13.4. The van der Waals surface area contributed by atoms with Crippen LogP contribution in [0.2, 0.25) is 0 Å². The molecule has 3 rings (SSSR count). The van der Waals surface area contributed by atoms with E-state index in [-0.39, 0.29) is 18.3 Å². The number of hydrogen-bond acceptors (Lipinski definition) is 6. The van der Waals surface area contributed by atoms with Crippen molar-refractivity contribution in [3.63, 3.8) is 0 Å². The Hall–Kier alpha value is -2.89. The molecule has 0 fully saturated rings. The minimum Gasteiger partial charge on any atom is -0.468 e. The molecule has 1 N–H and O–H groups in total. The summed E-state index contributed by atoms with van der Waals surface area (Å²) in [6.45, 7) is 5.65. The van der Waals surface area contributed by atoms with Crippen LogP contribution in [0.3, 0.4) is 0 Å². The number of benzene rings is 1. The highest BCUT2D eigenvalue weighted by atomic mass is 16.5. The molecule has 0 amide bonds. The number of ketones is 1.